The van der Waals surface area contributed by atoms with E-state index >= 15 is 0 Å². The number of ketones is 1. The van der Waals surface area contributed by atoms with Gasteiger partial charge in [-0.1, -0.05) is 32.0 Å². The molecule has 1 aromatic carbocycles. The predicted molar refractivity (Wildman–Crippen MR) is 103 cm³/mol. The van der Waals surface area contributed by atoms with Gasteiger partial charge in [0.1, 0.15) is 29.4 Å². The molecule has 1 aromatic rings. The zero-order chi connectivity index (χ0) is 21.1. The van der Waals surface area contributed by atoms with Crippen molar-refractivity contribution in [2.75, 3.05) is 11.4 Å². The lowest BCUT2D eigenvalue weighted by Gasteiger charge is -2.41. The molecule has 0 unspecified atom stereocenters. The van der Waals surface area contributed by atoms with Gasteiger partial charge in [0.2, 0.25) is 17.7 Å². The molecule has 4 rings (SSSR count). The number of carbonyl (C=O) groups excluding carboxylic acids is 3. The van der Waals surface area contributed by atoms with E-state index in [-0.39, 0.29) is 41.2 Å². The van der Waals surface area contributed by atoms with Crippen LogP contribution in [0.15, 0.2) is 47.1 Å². The molecule has 1 spiro atoms. The van der Waals surface area contributed by atoms with Crippen LogP contribution in [0.1, 0.15) is 32.3 Å². The van der Waals surface area contributed by atoms with Crippen LogP contribution >= 0.6 is 0 Å². The van der Waals surface area contributed by atoms with Crippen LogP contribution in [-0.2, 0) is 24.5 Å². The first-order chi connectivity index (χ1) is 13.6. The summed E-state index contributed by atoms with van der Waals surface area (Å²) >= 11 is 0. The number of rotatable bonds is 2. The molecule has 0 aromatic heterocycles. The van der Waals surface area contributed by atoms with Gasteiger partial charge in [-0.3, -0.25) is 14.4 Å². The van der Waals surface area contributed by atoms with Gasteiger partial charge in [-0.2, -0.15) is 5.26 Å². The number of carbonyl (C=O) groups is 3. The molecular weight excluding hydrogens is 372 g/mol. The number of hydrogen-bond acceptors (Lipinski definition) is 6. The van der Waals surface area contributed by atoms with E-state index in [0.29, 0.717) is 23.4 Å². The quantitative estimate of drug-likeness (QED) is 0.773. The number of allylic oxidation sites excluding steroid dienone is 1. The fraction of sp³-hybridized carbons (Fsp3) is 0.333. The van der Waals surface area contributed by atoms with Crippen LogP contribution in [0.25, 0.3) is 0 Å². The Morgan fingerprint density at radius 2 is 1.97 bits per heavy atom. The molecule has 29 heavy (non-hydrogen) atoms. The Morgan fingerprint density at radius 1 is 1.28 bits per heavy atom. The summed E-state index contributed by atoms with van der Waals surface area (Å²) in [6.07, 6.45) is 0.585. The number of nitrogens with zero attached hydrogens (tertiary/aromatic N) is 2. The number of primary amides is 1. The van der Waals surface area contributed by atoms with E-state index in [4.69, 9.17) is 16.2 Å². The molecule has 0 fully saturated rings. The number of anilines is 1. The molecule has 8 heteroatoms. The molecular formula is C21H20N4O4. The van der Waals surface area contributed by atoms with Crippen molar-refractivity contribution in [1.29, 1.82) is 5.26 Å². The fourth-order valence-corrected chi connectivity index (χ4v) is 4.65. The molecule has 0 bridgehead atoms. The van der Waals surface area contributed by atoms with Crippen molar-refractivity contribution in [2.24, 2.45) is 16.9 Å². The number of ether oxygens (including phenoxy) is 1. The molecule has 148 valence electrons. The zero-order valence-electron chi connectivity index (χ0n) is 16.1. The summed E-state index contributed by atoms with van der Waals surface area (Å²) < 4.78 is 5.70. The van der Waals surface area contributed by atoms with Crippen LogP contribution in [0, 0.1) is 16.7 Å². The van der Waals surface area contributed by atoms with Gasteiger partial charge in [-0.05, 0) is 11.5 Å². The number of para-hydroxylation sites is 1. The van der Waals surface area contributed by atoms with Crippen LogP contribution in [0.5, 0.6) is 0 Å². The van der Waals surface area contributed by atoms with Crippen LogP contribution in [0.4, 0.5) is 5.69 Å². The second-order valence-electron chi connectivity index (χ2n) is 8.32. The molecule has 2 aliphatic heterocycles. The second-order valence-corrected chi connectivity index (χ2v) is 8.32. The van der Waals surface area contributed by atoms with Crippen molar-refractivity contribution in [2.45, 2.75) is 32.1 Å². The Bertz CT molecular complexity index is 1090. The molecule has 0 saturated heterocycles. The standard InChI is InChI=1S/C21H20N4O4/c1-20(2)7-14(26)17-15(8-20)29-18(24)12(9-22)21(17)11-5-3-4-6-13(11)25(19(21)28)10-16(23)27/h3-6H,7-8,10,24H2,1-2H3,(H2,23,27)/t21-/m1/s1. The third-order valence-electron chi connectivity index (χ3n) is 5.66. The molecule has 1 aliphatic carbocycles. The first kappa shape index (κ1) is 18.7. The minimum Gasteiger partial charge on any atom is -0.444 e. The molecule has 3 aliphatic rings. The van der Waals surface area contributed by atoms with Crippen LogP contribution in [0.3, 0.4) is 0 Å². The second kappa shape index (κ2) is 5.95. The monoisotopic (exact) mass is 392 g/mol. The van der Waals surface area contributed by atoms with Crippen molar-refractivity contribution in [3.05, 3.63) is 52.6 Å². The maximum absolute atomic E-state index is 13.8. The number of hydrogen-bond donors (Lipinski definition) is 2. The van der Waals surface area contributed by atoms with Gasteiger partial charge in [0.15, 0.2) is 5.78 Å². The summed E-state index contributed by atoms with van der Waals surface area (Å²) in [5.74, 6) is -1.49. The van der Waals surface area contributed by atoms with Crippen molar-refractivity contribution < 1.29 is 19.1 Å². The summed E-state index contributed by atoms with van der Waals surface area (Å²) in [6.45, 7) is 3.47. The predicted octanol–water partition coefficient (Wildman–Crippen LogP) is 1.12. The van der Waals surface area contributed by atoms with Crippen molar-refractivity contribution >= 4 is 23.3 Å². The van der Waals surface area contributed by atoms with Crippen LogP contribution in [-0.4, -0.2) is 24.1 Å². The lowest BCUT2D eigenvalue weighted by atomic mass is 9.62. The Hall–Kier alpha value is -3.60. The summed E-state index contributed by atoms with van der Waals surface area (Å²) in [6, 6.07) is 8.72. The van der Waals surface area contributed by atoms with Gasteiger partial charge in [0.25, 0.3) is 0 Å². The van der Waals surface area contributed by atoms with Crippen molar-refractivity contribution in [1.82, 2.24) is 0 Å². The summed E-state index contributed by atoms with van der Waals surface area (Å²) in [4.78, 5) is 39.9. The fourth-order valence-electron chi connectivity index (χ4n) is 4.65. The van der Waals surface area contributed by atoms with Gasteiger partial charge < -0.3 is 21.1 Å². The maximum atomic E-state index is 13.8. The van der Waals surface area contributed by atoms with E-state index in [0.717, 1.165) is 0 Å². The van der Waals surface area contributed by atoms with E-state index in [1.807, 2.05) is 19.9 Å². The Morgan fingerprint density at radius 3 is 2.62 bits per heavy atom. The number of nitriles is 1. The molecule has 4 N–H and O–H groups in total. The van der Waals surface area contributed by atoms with E-state index in [9.17, 15) is 19.6 Å². The molecule has 2 heterocycles. The summed E-state index contributed by atoms with van der Waals surface area (Å²) in [7, 11) is 0. The summed E-state index contributed by atoms with van der Waals surface area (Å²) in [5.41, 5.74) is 10.2. The lowest BCUT2D eigenvalue weighted by molar-refractivity contribution is -0.126. The third kappa shape index (κ3) is 2.40. The first-order valence-corrected chi connectivity index (χ1v) is 9.18. The minimum atomic E-state index is -1.73. The topological polar surface area (TPSA) is 140 Å². The largest absolute Gasteiger partial charge is 0.444 e. The maximum Gasteiger partial charge on any atom is 0.248 e. The molecule has 2 amide bonds. The average Bonchev–Trinajstić information content (AvgIpc) is 2.84. The Labute approximate surface area is 167 Å². The Balaban J connectivity index is 2.08. The molecule has 0 saturated carbocycles. The SMILES string of the molecule is CC1(C)CC(=O)C2=C(C1)OC(N)=C(C#N)[C@@]21C(=O)N(CC(N)=O)c2ccccc21. The number of Topliss-reactive ketones (excluding diaryl/α,β-unsaturated/α-hetero) is 1. The third-order valence-corrected chi connectivity index (χ3v) is 5.66. The highest BCUT2D eigenvalue weighted by molar-refractivity contribution is 6.21. The van der Waals surface area contributed by atoms with E-state index in [2.05, 4.69) is 0 Å². The normalized spacial score (nSPS) is 24.9. The Kier molecular flexibility index (Phi) is 3.84. The molecule has 8 nitrogen and oxygen atoms in total. The van der Waals surface area contributed by atoms with Gasteiger partial charge in [0, 0.05) is 24.1 Å². The zero-order valence-corrected chi connectivity index (χ0v) is 16.1. The minimum absolute atomic E-state index is 0.131. The van der Waals surface area contributed by atoms with Crippen LogP contribution in [0.2, 0.25) is 0 Å². The van der Waals surface area contributed by atoms with Gasteiger partial charge >= 0.3 is 0 Å². The van der Waals surface area contributed by atoms with Crippen LogP contribution < -0.4 is 16.4 Å². The summed E-state index contributed by atoms with van der Waals surface area (Å²) in [5, 5.41) is 9.91. The molecule has 0 radical (unpaired) electrons. The van der Waals surface area contributed by atoms with Gasteiger partial charge in [-0.25, -0.2) is 0 Å². The average molecular weight is 392 g/mol. The van der Waals surface area contributed by atoms with E-state index in [1.165, 1.54) is 4.90 Å². The van der Waals surface area contributed by atoms with Gasteiger partial charge in [-0.15, -0.1) is 0 Å². The number of fused-ring (bicyclic) bond motifs is 3. The number of nitrogens with two attached hydrogens (primary N) is 2. The van der Waals surface area contributed by atoms with Crippen molar-refractivity contribution in [3.63, 3.8) is 0 Å². The van der Waals surface area contributed by atoms with Crippen molar-refractivity contribution in [3.8, 4) is 6.07 Å². The first-order valence-electron chi connectivity index (χ1n) is 9.18. The molecule has 1 atom stereocenters. The van der Waals surface area contributed by atoms with E-state index in [1.54, 1.807) is 24.3 Å². The highest BCUT2D eigenvalue weighted by Gasteiger charge is 2.63. The lowest BCUT2D eigenvalue weighted by Crippen LogP contribution is -2.51. The van der Waals surface area contributed by atoms with E-state index < -0.39 is 17.2 Å². The highest BCUT2D eigenvalue weighted by Crippen LogP contribution is 2.57. The number of amides is 2. The van der Waals surface area contributed by atoms with Gasteiger partial charge in [0.05, 0.1) is 5.57 Å². The smallest absolute Gasteiger partial charge is 0.248 e. The number of benzene rings is 1. The highest BCUT2D eigenvalue weighted by atomic mass is 16.5.